The Kier molecular flexibility index (Phi) is 5.35. The summed E-state index contributed by atoms with van der Waals surface area (Å²) in [6.07, 6.45) is 1.63. The van der Waals surface area contributed by atoms with Crippen LogP contribution in [0.2, 0.25) is 0 Å². The van der Waals surface area contributed by atoms with Crippen molar-refractivity contribution in [2.45, 2.75) is 47.8 Å². The van der Waals surface area contributed by atoms with Crippen molar-refractivity contribution >= 4 is 39.1 Å². The lowest BCUT2D eigenvalue weighted by Crippen LogP contribution is -2.43. The Morgan fingerprint density at radius 2 is 1.93 bits per heavy atom. The summed E-state index contributed by atoms with van der Waals surface area (Å²) in [7, 11) is -3.74. The lowest BCUT2D eigenvalue weighted by Gasteiger charge is -2.29. The van der Waals surface area contributed by atoms with Crippen molar-refractivity contribution in [1.82, 2.24) is 0 Å². The highest BCUT2D eigenvalue weighted by atomic mass is 32.2. The number of nitrogens with two attached hydrogens (primary N) is 1. The number of anilines is 2. The zero-order chi connectivity index (χ0) is 20.8. The van der Waals surface area contributed by atoms with Gasteiger partial charge in [-0.2, -0.15) is 0 Å². The normalized spacial score (nSPS) is 21.5. The monoisotopic (exact) mass is 431 g/mol. The minimum atomic E-state index is -3.74. The maximum Gasteiger partial charge on any atom is 0.246 e. The molecule has 2 aromatic rings. The Labute approximate surface area is 176 Å². The molecule has 2 heterocycles. The van der Waals surface area contributed by atoms with Crippen molar-refractivity contribution in [3.63, 3.8) is 0 Å². The van der Waals surface area contributed by atoms with Crippen LogP contribution in [0.25, 0.3) is 0 Å². The van der Waals surface area contributed by atoms with Gasteiger partial charge in [-0.25, -0.2) is 13.6 Å². The first-order chi connectivity index (χ1) is 13.7. The highest BCUT2D eigenvalue weighted by molar-refractivity contribution is 8.00. The molecule has 2 aliphatic heterocycles. The Hall–Kier alpha value is -2.03. The number of fused-ring (bicyclic) bond motifs is 2. The molecule has 2 N–H and O–H groups in total. The number of benzene rings is 2. The second-order valence-electron chi connectivity index (χ2n) is 7.75. The van der Waals surface area contributed by atoms with Gasteiger partial charge in [0.1, 0.15) is 0 Å². The third-order valence-corrected chi connectivity index (χ3v) is 7.73. The Bertz CT molecular complexity index is 1050. The molecule has 29 heavy (non-hydrogen) atoms. The van der Waals surface area contributed by atoms with E-state index in [9.17, 15) is 13.2 Å². The minimum absolute atomic E-state index is 0.0578. The third-order valence-electron chi connectivity index (χ3n) is 5.59. The lowest BCUT2D eigenvalue weighted by atomic mass is 10.1. The summed E-state index contributed by atoms with van der Waals surface area (Å²) >= 11 is 1.81. The summed E-state index contributed by atoms with van der Waals surface area (Å²) in [6.45, 7) is 5.20. The highest BCUT2D eigenvalue weighted by Crippen LogP contribution is 2.38. The lowest BCUT2D eigenvalue weighted by molar-refractivity contribution is -0.117. The van der Waals surface area contributed by atoms with E-state index in [0.717, 1.165) is 28.3 Å². The highest BCUT2D eigenvalue weighted by Gasteiger charge is 2.31. The molecule has 0 spiro atoms. The van der Waals surface area contributed by atoms with Crippen LogP contribution in [0, 0.1) is 0 Å². The maximum atomic E-state index is 13.3. The number of nitrogens with zero attached hydrogens (tertiary/aromatic N) is 2. The molecule has 0 aliphatic carbocycles. The number of primary sulfonamides is 1. The van der Waals surface area contributed by atoms with E-state index >= 15 is 0 Å². The molecule has 2 aliphatic rings. The van der Waals surface area contributed by atoms with Gasteiger partial charge in [-0.1, -0.05) is 19.1 Å². The van der Waals surface area contributed by atoms with Crippen LogP contribution in [0.5, 0.6) is 0 Å². The van der Waals surface area contributed by atoms with Crippen LogP contribution in [0.4, 0.5) is 11.4 Å². The number of thioether (sulfide) groups is 1. The number of rotatable bonds is 3. The summed E-state index contributed by atoms with van der Waals surface area (Å²) < 4.78 is 23.3. The second-order valence-corrected chi connectivity index (χ2v) is 10.8. The fraction of sp³-hybridized carbons (Fsp3) is 0.381. The van der Waals surface area contributed by atoms with Gasteiger partial charge in [0, 0.05) is 28.4 Å². The van der Waals surface area contributed by atoms with E-state index in [1.807, 2.05) is 34.9 Å². The van der Waals surface area contributed by atoms with E-state index in [2.05, 4.69) is 24.8 Å². The fourth-order valence-corrected chi connectivity index (χ4v) is 5.74. The molecule has 0 radical (unpaired) electrons. The number of carbonyl (C=O) groups excluding carboxylic acids is 1. The Balaban J connectivity index is 1.60. The molecule has 8 heteroatoms. The number of hydrogen-bond donors (Lipinski definition) is 1. The SMILES string of the molecule is C[C@@H]1CCN(C(=O)CN2c3ccc(S(N)(=O)=O)cc3C[C@H]2C)c2ccccc2S1. The smallest absolute Gasteiger partial charge is 0.246 e. The van der Waals surface area contributed by atoms with Crippen LogP contribution < -0.4 is 14.9 Å². The van der Waals surface area contributed by atoms with Crippen molar-refractivity contribution in [2.75, 3.05) is 22.9 Å². The molecule has 4 rings (SSSR count). The van der Waals surface area contributed by atoms with Crippen LogP contribution in [-0.4, -0.2) is 38.7 Å². The predicted octanol–water partition coefficient (Wildman–Crippen LogP) is 3.00. The van der Waals surface area contributed by atoms with E-state index < -0.39 is 10.0 Å². The van der Waals surface area contributed by atoms with Gasteiger partial charge in [0.05, 0.1) is 17.1 Å². The summed E-state index contributed by atoms with van der Waals surface area (Å²) in [5, 5.41) is 5.72. The molecule has 0 unspecified atom stereocenters. The number of amides is 1. The molecule has 0 bridgehead atoms. The molecule has 154 valence electrons. The van der Waals surface area contributed by atoms with Gasteiger partial charge in [0.15, 0.2) is 0 Å². The second kappa shape index (κ2) is 7.66. The first-order valence-electron chi connectivity index (χ1n) is 9.72. The van der Waals surface area contributed by atoms with Gasteiger partial charge in [-0.3, -0.25) is 4.79 Å². The van der Waals surface area contributed by atoms with E-state index in [0.29, 0.717) is 18.2 Å². The summed E-state index contributed by atoms with van der Waals surface area (Å²) in [4.78, 5) is 18.5. The molecule has 2 atom stereocenters. The van der Waals surface area contributed by atoms with Gasteiger partial charge >= 0.3 is 0 Å². The molecule has 2 aromatic carbocycles. The van der Waals surface area contributed by atoms with Gasteiger partial charge in [0.25, 0.3) is 0 Å². The zero-order valence-electron chi connectivity index (χ0n) is 16.5. The summed E-state index contributed by atoms with van der Waals surface area (Å²) in [6, 6.07) is 13.1. The molecule has 0 fully saturated rings. The first kappa shape index (κ1) is 20.3. The van der Waals surface area contributed by atoms with Gasteiger partial charge in [-0.15, -0.1) is 11.8 Å². The number of hydrogen-bond acceptors (Lipinski definition) is 5. The zero-order valence-corrected chi connectivity index (χ0v) is 18.2. The maximum absolute atomic E-state index is 13.3. The first-order valence-corrected chi connectivity index (χ1v) is 12.1. The van der Waals surface area contributed by atoms with Crippen LogP contribution in [-0.2, 0) is 21.2 Å². The fourth-order valence-electron chi connectivity index (χ4n) is 4.07. The van der Waals surface area contributed by atoms with E-state index in [1.54, 1.807) is 12.1 Å². The van der Waals surface area contributed by atoms with Crippen molar-refractivity contribution < 1.29 is 13.2 Å². The van der Waals surface area contributed by atoms with Crippen molar-refractivity contribution in [1.29, 1.82) is 0 Å². The Morgan fingerprint density at radius 1 is 1.17 bits per heavy atom. The molecule has 0 saturated carbocycles. The summed E-state index contributed by atoms with van der Waals surface area (Å²) in [5.41, 5.74) is 2.80. The summed E-state index contributed by atoms with van der Waals surface area (Å²) in [5.74, 6) is 0.0578. The molecule has 6 nitrogen and oxygen atoms in total. The van der Waals surface area contributed by atoms with E-state index in [1.165, 1.54) is 6.07 Å². The predicted molar refractivity (Wildman–Crippen MR) is 117 cm³/mol. The average molecular weight is 432 g/mol. The molecule has 0 aromatic heterocycles. The molecule has 1 amide bonds. The van der Waals surface area contributed by atoms with Crippen molar-refractivity contribution in [3.05, 3.63) is 48.0 Å². The molecule has 0 saturated heterocycles. The number of sulfonamides is 1. The third kappa shape index (κ3) is 4.01. The van der Waals surface area contributed by atoms with Crippen LogP contribution in [0.3, 0.4) is 0 Å². The largest absolute Gasteiger partial charge is 0.359 e. The van der Waals surface area contributed by atoms with Gasteiger partial charge < -0.3 is 9.80 Å². The van der Waals surface area contributed by atoms with Crippen molar-refractivity contribution in [3.8, 4) is 0 Å². The average Bonchev–Trinajstić information content (AvgIpc) is 2.86. The molecular weight excluding hydrogens is 406 g/mol. The topological polar surface area (TPSA) is 83.7 Å². The quantitative estimate of drug-likeness (QED) is 0.808. The van der Waals surface area contributed by atoms with Crippen molar-refractivity contribution in [2.24, 2.45) is 5.14 Å². The Morgan fingerprint density at radius 3 is 2.69 bits per heavy atom. The standard InChI is InChI=1S/C21H25N3O3S2/c1-14-11-16-12-17(29(22,26)27)7-8-18(16)24(14)13-21(25)23-10-9-15(2)28-20-6-4-3-5-19(20)23/h3-8,12,14-15H,9-11,13H2,1-2H3,(H2,22,26,27)/t14-,15-/m1/s1. The van der Waals surface area contributed by atoms with E-state index in [4.69, 9.17) is 5.14 Å². The van der Waals surface area contributed by atoms with Crippen LogP contribution >= 0.6 is 11.8 Å². The van der Waals surface area contributed by atoms with Gasteiger partial charge in [0.2, 0.25) is 15.9 Å². The van der Waals surface area contributed by atoms with E-state index in [-0.39, 0.29) is 23.4 Å². The minimum Gasteiger partial charge on any atom is -0.359 e. The van der Waals surface area contributed by atoms with Crippen LogP contribution in [0.15, 0.2) is 52.3 Å². The number of carbonyl (C=O) groups is 1. The van der Waals surface area contributed by atoms with Crippen LogP contribution in [0.1, 0.15) is 25.8 Å². The molecular formula is C21H25N3O3S2. The number of para-hydroxylation sites is 1. The van der Waals surface area contributed by atoms with Gasteiger partial charge in [-0.05, 0) is 55.7 Å².